The van der Waals surface area contributed by atoms with Gasteiger partial charge in [0.25, 0.3) is 0 Å². The first-order chi connectivity index (χ1) is 46.8. The molecule has 17 nitrogen and oxygen atoms in total. The number of aliphatic hydroxyl groups is 1. The molecule has 0 aromatic carbocycles. The maximum atomic E-state index is 13.1. The third-order valence-electron chi connectivity index (χ3n) is 18.2. The normalized spacial score (nSPS) is 14.8. The summed E-state index contributed by atoms with van der Waals surface area (Å²) < 4.78 is 68.5. The molecule has 0 heterocycles. The number of hydrogen-bond donors (Lipinski definition) is 3. The van der Waals surface area contributed by atoms with Crippen molar-refractivity contribution in [2.45, 2.75) is 394 Å². The van der Waals surface area contributed by atoms with Crippen LogP contribution in [-0.4, -0.2) is 96.7 Å². The molecule has 0 aliphatic rings. The van der Waals surface area contributed by atoms with Crippen molar-refractivity contribution in [1.82, 2.24) is 0 Å². The highest BCUT2D eigenvalue weighted by atomic mass is 31.2. The molecule has 0 aliphatic carbocycles. The minimum absolute atomic E-state index is 0.0998. The summed E-state index contributed by atoms with van der Waals surface area (Å²) >= 11 is 0. The number of ether oxygens (including phenoxy) is 4. The highest BCUT2D eigenvalue weighted by Crippen LogP contribution is 2.45. The molecule has 3 N–H and O–H groups in total. The average molecular weight is 1420 g/mol. The number of aliphatic hydroxyl groups excluding tert-OH is 1. The van der Waals surface area contributed by atoms with Gasteiger partial charge >= 0.3 is 39.5 Å². The number of rotatable bonds is 74. The van der Waals surface area contributed by atoms with Gasteiger partial charge in [0.2, 0.25) is 0 Å². The maximum Gasteiger partial charge on any atom is 0.472 e. The molecule has 0 saturated carbocycles. The number of phosphoric acid groups is 2. The highest BCUT2D eigenvalue weighted by Gasteiger charge is 2.30. The van der Waals surface area contributed by atoms with E-state index in [0.29, 0.717) is 31.6 Å². The number of allylic oxidation sites excluding steroid dienone is 4. The third-order valence-corrected chi connectivity index (χ3v) is 20.1. The maximum absolute atomic E-state index is 13.1. The molecule has 0 aliphatic heterocycles. The zero-order chi connectivity index (χ0) is 71.6. The molecule has 0 radical (unpaired) electrons. The first-order valence-corrected chi connectivity index (χ1v) is 42.7. The standard InChI is InChI=1S/C78H148O17P2/c1-8-11-12-13-14-15-16-17-22-26-29-32-37-45-52-59-75(80)88-65-73(94-77(82)61-54-47-38-33-30-27-24-21-19-18-20-23-25-28-31-36-43-50-57-70(6)9-2)67-92-96(84,85)90-63-72(79)64-91-97(86,87)93-68-74(95-78(83)62-55-48-41-40-44-51-58-71(7)10-3)66-89-76(81)60-53-46-39-34-35-42-49-56-69(4)5/h15-17,22,69-74,79H,8-14,18-21,23-68H2,1-7H3,(H,84,85)(H,86,87)/b16-15-,22-17-/t70?,71?,72?,73-,74-/m1/s1. The van der Waals surface area contributed by atoms with E-state index in [-0.39, 0.29) is 25.7 Å². The second-order valence-corrected chi connectivity index (χ2v) is 31.3. The van der Waals surface area contributed by atoms with Gasteiger partial charge in [0.05, 0.1) is 26.4 Å². The fourth-order valence-electron chi connectivity index (χ4n) is 11.4. The van der Waals surface area contributed by atoms with E-state index < -0.39 is 97.5 Å². The van der Waals surface area contributed by atoms with E-state index in [2.05, 4.69) is 72.8 Å². The summed E-state index contributed by atoms with van der Waals surface area (Å²) in [6.07, 6.45) is 57.9. The van der Waals surface area contributed by atoms with Gasteiger partial charge in [-0.3, -0.25) is 37.3 Å². The number of unbranched alkanes of at least 4 members (excludes halogenated alkanes) is 37. The number of phosphoric ester groups is 2. The van der Waals surface area contributed by atoms with Crippen LogP contribution in [0.4, 0.5) is 0 Å². The van der Waals surface area contributed by atoms with Crippen molar-refractivity contribution >= 4 is 39.5 Å². The van der Waals surface area contributed by atoms with Gasteiger partial charge in [-0.2, -0.15) is 0 Å². The van der Waals surface area contributed by atoms with Gasteiger partial charge in [0.1, 0.15) is 19.3 Å². The Morgan fingerprint density at radius 3 is 0.918 bits per heavy atom. The van der Waals surface area contributed by atoms with E-state index in [1.165, 1.54) is 161 Å². The number of carbonyl (C=O) groups excluding carboxylic acids is 4. The zero-order valence-corrected chi connectivity index (χ0v) is 64.8. The summed E-state index contributed by atoms with van der Waals surface area (Å²) in [5.41, 5.74) is 0. The Hall–Kier alpha value is -2.46. The molecule has 0 aromatic heterocycles. The molecule has 0 rings (SSSR count). The van der Waals surface area contributed by atoms with E-state index in [1.807, 2.05) is 0 Å². The summed E-state index contributed by atoms with van der Waals surface area (Å²) in [5.74, 6) is 0.140. The topological polar surface area (TPSA) is 237 Å². The largest absolute Gasteiger partial charge is 0.472 e. The van der Waals surface area contributed by atoms with Crippen LogP contribution < -0.4 is 0 Å². The van der Waals surface area contributed by atoms with Crippen LogP contribution >= 0.6 is 15.6 Å². The molecular formula is C78H148O17P2. The van der Waals surface area contributed by atoms with E-state index in [4.69, 9.17) is 37.0 Å². The van der Waals surface area contributed by atoms with Crippen LogP contribution in [0.1, 0.15) is 376 Å². The Morgan fingerprint density at radius 1 is 0.340 bits per heavy atom. The van der Waals surface area contributed by atoms with Gasteiger partial charge in [-0.05, 0) is 69.1 Å². The van der Waals surface area contributed by atoms with Crippen LogP contribution in [0, 0.1) is 17.8 Å². The number of hydrogen-bond acceptors (Lipinski definition) is 15. The lowest BCUT2D eigenvalue weighted by Gasteiger charge is -2.21. The molecule has 0 bridgehead atoms. The fourth-order valence-corrected chi connectivity index (χ4v) is 12.9. The summed E-state index contributed by atoms with van der Waals surface area (Å²) in [7, 11) is -9.92. The Labute approximate surface area is 592 Å². The molecule has 572 valence electrons. The van der Waals surface area contributed by atoms with Gasteiger partial charge in [0, 0.05) is 25.7 Å². The lowest BCUT2D eigenvalue weighted by Crippen LogP contribution is -2.30. The minimum Gasteiger partial charge on any atom is -0.462 e. The van der Waals surface area contributed by atoms with Crippen molar-refractivity contribution in [2.24, 2.45) is 17.8 Å². The van der Waals surface area contributed by atoms with Crippen molar-refractivity contribution in [2.75, 3.05) is 39.6 Å². The lowest BCUT2D eigenvalue weighted by molar-refractivity contribution is -0.161. The molecule has 19 heteroatoms. The summed E-state index contributed by atoms with van der Waals surface area (Å²) in [6, 6.07) is 0. The van der Waals surface area contributed by atoms with Crippen LogP contribution in [-0.2, 0) is 65.4 Å². The lowest BCUT2D eigenvalue weighted by atomic mass is 9.99. The van der Waals surface area contributed by atoms with Gasteiger partial charge in [0.15, 0.2) is 12.2 Å². The molecule has 0 amide bonds. The molecule has 0 saturated heterocycles. The molecule has 0 fully saturated rings. The van der Waals surface area contributed by atoms with E-state index >= 15 is 0 Å². The molecular weight excluding hydrogens is 1270 g/mol. The predicted molar refractivity (Wildman–Crippen MR) is 395 cm³/mol. The molecule has 5 unspecified atom stereocenters. The monoisotopic (exact) mass is 1420 g/mol. The Balaban J connectivity index is 5.23. The number of carbonyl (C=O) groups is 4. The first-order valence-electron chi connectivity index (χ1n) is 39.7. The molecule has 0 spiro atoms. The van der Waals surface area contributed by atoms with Crippen LogP contribution in [0.25, 0.3) is 0 Å². The summed E-state index contributed by atoms with van der Waals surface area (Å²) in [6.45, 7) is 11.8. The molecule has 97 heavy (non-hydrogen) atoms. The van der Waals surface area contributed by atoms with Crippen molar-refractivity contribution in [1.29, 1.82) is 0 Å². The quantitative estimate of drug-likeness (QED) is 0.0169. The Kier molecular flexibility index (Phi) is 66.3. The summed E-state index contributed by atoms with van der Waals surface area (Å²) in [4.78, 5) is 72.8. The second-order valence-electron chi connectivity index (χ2n) is 28.4. The average Bonchev–Trinajstić information content (AvgIpc) is 1.28. The zero-order valence-electron chi connectivity index (χ0n) is 63.0. The van der Waals surface area contributed by atoms with Crippen molar-refractivity contribution in [3.05, 3.63) is 24.3 Å². The SMILES string of the molecule is CCCCCC/C=C\C=C/CCCCCCCC(=O)OC[C@H](COP(=O)(O)OCC(O)COP(=O)(O)OC[C@@H](COC(=O)CCCCCCCCCC(C)C)OC(=O)CCCCCCCCC(C)CC)OC(=O)CCCCCCCCCCCCCCCCCCCCC(C)CC. The molecule has 7 atom stereocenters. The van der Waals surface area contributed by atoms with Crippen LogP contribution in [0.3, 0.4) is 0 Å². The smallest absolute Gasteiger partial charge is 0.462 e. The van der Waals surface area contributed by atoms with E-state index in [0.717, 1.165) is 127 Å². The highest BCUT2D eigenvalue weighted by molar-refractivity contribution is 7.47. The van der Waals surface area contributed by atoms with Crippen molar-refractivity contribution in [3.63, 3.8) is 0 Å². The van der Waals surface area contributed by atoms with Crippen LogP contribution in [0.5, 0.6) is 0 Å². The van der Waals surface area contributed by atoms with Crippen molar-refractivity contribution < 1.29 is 80.2 Å². The first kappa shape index (κ1) is 94.5. The Bertz CT molecular complexity index is 1990. The van der Waals surface area contributed by atoms with Gasteiger partial charge in [-0.15, -0.1) is 0 Å². The van der Waals surface area contributed by atoms with Crippen LogP contribution in [0.15, 0.2) is 24.3 Å². The Morgan fingerprint density at radius 2 is 0.608 bits per heavy atom. The fraction of sp³-hybridized carbons (Fsp3) is 0.897. The predicted octanol–water partition coefficient (Wildman–Crippen LogP) is 22.5. The van der Waals surface area contributed by atoms with Gasteiger partial charge in [-0.1, -0.05) is 323 Å². The minimum atomic E-state index is -4.97. The summed E-state index contributed by atoms with van der Waals surface area (Å²) in [5, 5.41) is 10.6. The van der Waals surface area contributed by atoms with E-state index in [1.54, 1.807) is 0 Å². The van der Waals surface area contributed by atoms with Gasteiger partial charge < -0.3 is 33.8 Å². The van der Waals surface area contributed by atoms with Crippen LogP contribution in [0.2, 0.25) is 0 Å². The van der Waals surface area contributed by atoms with E-state index in [9.17, 15) is 43.2 Å². The van der Waals surface area contributed by atoms with Gasteiger partial charge in [-0.25, -0.2) is 9.13 Å². The van der Waals surface area contributed by atoms with Crippen molar-refractivity contribution in [3.8, 4) is 0 Å². The third kappa shape index (κ3) is 69.1. The second kappa shape index (κ2) is 68.0. The molecule has 0 aromatic rings. The number of esters is 4.